The highest BCUT2D eigenvalue weighted by Crippen LogP contribution is 2.58. The average molecular weight is 560 g/mol. The van der Waals surface area contributed by atoms with E-state index in [4.69, 9.17) is 5.73 Å². The lowest BCUT2D eigenvalue weighted by Gasteiger charge is -2.48. The summed E-state index contributed by atoms with van der Waals surface area (Å²) in [5, 5.41) is 29.2. The predicted molar refractivity (Wildman–Crippen MR) is 126 cm³/mol. The number of alkyl halides is 3. The average Bonchev–Trinajstić information content (AvgIpc) is 3.63. The minimum atomic E-state index is -4.83. The van der Waals surface area contributed by atoms with Gasteiger partial charge in [-0.15, -0.1) is 16.9 Å². The van der Waals surface area contributed by atoms with Crippen LogP contribution < -0.4 is 11.1 Å². The molecular weight excluding hydrogens is 531 g/mol. The third kappa shape index (κ3) is 4.46. The van der Waals surface area contributed by atoms with Crippen molar-refractivity contribution in [2.75, 3.05) is 19.6 Å². The summed E-state index contributed by atoms with van der Waals surface area (Å²) in [5.74, 6) is -5.92. The number of aliphatic carboxylic acids is 1. The molecule has 0 unspecified atom stereocenters. The molecule has 16 heteroatoms. The van der Waals surface area contributed by atoms with E-state index in [0.29, 0.717) is 19.5 Å². The van der Waals surface area contributed by atoms with Gasteiger partial charge in [-0.25, -0.2) is 9.48 Å². The van der Waals surface area contributed by atoms with Crippen molar-refractivity contribution in [2.45, 2.75) is 62.0 Å². The van der Waals surface area contributed by atoms with Gasteiger partial charge < -0.3 is 31.1 Å². The maximum Gasteiger partial charge on any atom is 0.398 e. The second-order valence-corrected chi connectivity index (χ2v) is 11.5. The van der Waals surface area contributed by atoms with E-state index in [1.165, 1.54) is 17.8 Å². The van der Waals surface area contributed by atoms with Crippen LogP contribution in [0.1, 0.15) is 31.5 Å². The number of aromatic nitrogens is 3. The Kier molecular flexibility index (Phi) is 6.94. The molecule has 5 heterocycles. The van der Waals surface area contributed by atoms with Crippen molar-refractivity contribution < 1.29 is 37.8 Å². The number of fused-ring (bicyclic) bond motifs is 1. The number of hydrogen-bond donors (Lipinski definition) is 4. The fourth-order valence-electron chi connectivity index (χ4n) is 5.86. The van der Waals surface area contributed by atoms with E-state index in [1.807, 2.05) is 0 Å². The van der Waals surface area contributed by atoms with Crippen molar-refractivity contribution in [3.8, 4) is 0 Å². The van der Waals surface area contributed by atoms with Crippen LogP contribution >= 0.6 is 11.8 Å². The first kappa shape index (κ1) is 26.9. The summed E-state index contributed by atoms with van der Waals surface area (Å²) in [5.41, 5.74) is 5.41. The summed E-state index contributed by atoms with van der Waals surface area (Å²) in [4.78, 5) is 40.1. The van der Waals surface area contributed by atoms with Gasteiger partial charge in [-0.3, -0.25) is 9.59 Å². The topological polar surface area (TPSA) is 167 Å². The first-order chi connectivity index (χ1) is 17.9. The molecule has 208 valence electrons. The molecule has 12 nitrogen and oxygen atoms in total. The SMILES string of the molecule is C[C@H]([C@H]1C(=O)N2C(C(=O)O)=C(S[C@@H]3CN[C@H](C(=O)N4CC[C@@H](N)C4)C3)[C@H](C(F)(F)F)[C@H]12)n1cc(CO)nn1. The molecule has 5 N–H and O–H groups in total. The quantitative estimate of drug-likeness (QED) is 0.325. The number of amides is 2. The number of aliphatic hydroxyl groups is 1. The number of thioether (sulfide) groups is 1. The summed E-state index contributed by atoms with van der Waals surface area (Å²) in [7, 11) is 0. The molecule has 0 radical (unpaired) electrons. The summed E-state index contributed by atoms with van der Waals surface area (Å²) in [6.07, 6.45) is -2.59. The van der Waals surface area contributed by atoms with E-state index in [9.17, 15) is 37.8 Å². The van der Waals surface area contributed by atoms with Gasteiger partial charge in [0, 0.05) is 35.8 Å². The summed E-state index contributed by atoms with van der Waals surface area (Å²) in [6.45, 7) is 2.23. The molecule has 0 aliphatic carbocycles. The Hall–Kier alpha value is -2.69. The number of nitrogens with one attached hydrogen (secondary N) is 1. The Bertz CT molecular complexity index is 1180. The molecule has 0 aromatic carbocycles. The largest absolute Gasteiger partial charge is 0.477 e. The minimum Gasteiger partial charge on any atom is -0.477 e. The number of nitrogens with zero attached hydrogens (tertiary/aromatic N) is 5. The molecule has 2 amide bonds. The fraction of sp³-hybridized carbons (Fsp3) is 0.682. The van der Waals surface area contributed by atoms with Crippen LogP contribution in [0.25, 0.3) is 0 Å². The molecule has 3 saturated heterocycles. The van der Waals surface area contributed by atoms with Gasteiger partial charge in [0.05, 0.1) is 36.8 Å². The number of carboxylic acids is 1. The lowest BCUT2D eigenvalue weighted by molar-refractivity contribution is -0.196. The summed E-state index contributed by atoms with van der Waals surface area (Å²) < 4.78 is 44.8. The van der Waals surface area contributed by atoms with E-state index >= 15 is 0 Å². The van der Waals surface area contributed by atoms with Gasteiger partial charge in [0.15, 0.2) is 0 Å². The van der Waals surface area contributed by atoms with Gasteiger partial charge in [-0.2, -0.15) is 13.2 Å². The molecule has 1 aromatic rings. The number of likely N-dealkylation sites (tertiary alicyclic amines) is 1. The Morgan fingerprint density at radius 3 is 2.68 bits per heavy atom. The smallest absolute Gasteiger partial charge is 0.398 e. The molecule has 4 aliphatic heterocycles. The zero-order valence-electron chi connectivity index (χ0n) is 20.3. The Morgan fingerprint density at radius 2 is 2.11 bits per heavy atom. The molecule has 0 saturated carbocycles. The molecular formula is C22H28F3N7O5S. The first-order valence-electron chi connectivity index (χ1n) is 12.3. The second kappa shape index (κ2) is 9.81. The molecule has 1 aromatic heterocycles. The van der Waals surface area contributed by atoms with Crippen LogP contribution in [0.3, 0.4) is 0 Å². The van der Waals surface area contributed by atoms with Gasteiger partial charge in [-0.1, -0.05) is 5.21 Å². The maximum absolute atomic E-state index is 14.5. The highest BCUT2D eigenvalue weighted by atomic mass is 32.2. The zero-order chi connectivity index (χ0) is 27.5. The molecule has 7 atom stereocenters. The second-order valence-electron chi connectivity index (χ2n) is 10.1. The highest BCUT2D eigenvalue weighted by Gasteiger charge is 2.68. The number of carbonyl (C=O) groups is 3. The number of carbonyl (C=O) groups excluding carboxylic acids is 2. The summed E-state index contributed by atoms with van der Waals surface area (Å²) >= 11 is 0.776. The normalized spacial score (nSPS) is 32.1. The number of halogens is 3. The molecule has 0 bridgehead atoms. The lowest BCUT2D eigenvalue weighted by atomic mass is 9.77. The first-order valence-corrected chi connectivity index (χ1v) is 13.1. The van der Waals surface area contributed by atoms with Crippen LogP contribution in [0.4, 0.5) is 13.2 Å². The zero-order valence-corrected chi connectivity index (χ0v) is 21.2. The maximum atomic E-state index is 14.5. The van der Waals surface area contributed by atoms with Crippen molar-refractivity contribution >= 4 is 29.5 Å². The van der Waals surface area contributed by atoms with Crippen molar-refractivity contribution in [3.05, 3.63) is 22.5 Å². The Morgan fingerprint density at radius 1 is 1.37 bits per heavy atom. The van der Waals surface area contributed by atoms with E-state index in [-0.39, 0.29) is 30.6 Å². The van der Waals surface area contributed by atoms with E-state index in [0.717, 1.165) is 16.7 Å². The number of carboxylic acid groups (broad SMARTS) is 1. The molecule has 5 rings (SSSR count). The van der Waals surface area contributed by atoms with Gasteiger partial charge >= 0.3 is 12.1 Å². The third-order valence-electron chi connectivity index (χ3n) is 7.72. The highest BCUT2D eigenvalue weighted by molar-refractivity contribution is 8.03. The molecule has 0 spiro atoms. The van der Waals surface area contributed by atoms with Crippen LogP contribution in [0.5, 0.6) is 0 Å². The van der Waals surface area contributed by atoms with Crippen molar-refractivity contribution in [2.24, 2.45) is 17.6 Å². The number of hydrogen-bond acceptors (Lipinski definition) is 9. The van der Waals surface area contributed by atoms with Gasteiger partial charge in [-0.05, 0) is 19.8 Å². The van der Waals surface area contributed by atoms with Crippen molar-refractivity contribution in [1.82, 2.24) is 30.1 Å². The van der Waals surface area contributed by atoms with Crippen LogP contribution in [-0.2, 0) is 21.0 Å². The molecule has 38 heavy (non-hydrogen) atoms. The van der Waals surface area contributed by atoms with Gasteiger partial charge in [0.2, 0.25) is 11.8 Å². The predicted octanol–water partition coefficient (Wildman–Crippen LogP) is -0.330. The van der Waals surface area contributed by atoms with Crippen molar-refractivity contribution in [3.63, 3.8) is 0 Å². The third-order valence-corrected chi connectivity index (χ3v) is 9.11. The standard InChI is InChI=1S/C22H28F3N7O5S/c1-9(31-7-11(8-33)28-29-31)14-16-15(22(23,24)25)18(17(21(36)37)32(16)20(14)35)38-12-4-13(27-5-12)19(34)30-3-2-10(26)6-30/h7,9-10,12-16,27,33H,2-6,8,26H2,1H3,(H,36,37)/t9-,10-,12+,13+,14-,15-,16+/m1/s1. The number of β-lactam (4-membered cyclic amide) rings is 1. The summed E-state index contributed by atoms with van der Waals surface area (Å²) in [6, 6.07) is -3.02. The van der Waals surface area contributed by atoms with Gasteiger partial charge in [0.25, 0.3) is 0 Å². The van der Waals surface area contributed by atoms with Crippen LogP contribution in [0.2, 0.25) is 0 Å². The Balaban J connectivity index is 1.39. The van der Waals surface area contributed by atoms with Crippen LogP contribution in [0, 0.1) is 11.8 Å². The molecule has 4 aliphatic rings. The number of rotatable bonds is 7. The van der Waals surface area contributed by atoms with Crippen LogP contribution in [0.15, 0.2) is 16.8 Å². The van der Waals surface area contributed by atoms with E-state index < -0.39 is 70.5 Å². The Labute approximate surface area is 219 Å². The fourth-order valence-corrected chi connectivity index (χ4v) is 7.40. The van der Waals surface area contributed by atoms with Crippen molar-refractivity contribution in [1.29, 1.82) is 0 Å². The minimum absolute atomic E-state index is 0.106. The van der Waals surface area contributed by atoms with Crippen LogP contribution in [-0.4, -0.2) is 102 Å². The monoisotopic (exact) mass is 559 g/mol. The van der Waals surface area contributed by atoms with E-state index in [2.05, 4.69) is 15.6 Å². The lowest BCUT2D eigenvalue weighted by Crippen LogP contribution is -2.64. The van der Waals surface area contributed by atoms with Gasteiger partial charge in [0.1, 0.15) is 17.3 Å². The number of aliphatic hydroxyl groups excluding tert-OH is 1. The molecule has 3 fully saturated rings. The van der Waals surface area contributed by atoms with E-state index in [1.54, 1.807) is 4.90 Å². The number of nitrogens with two attached hydrogens (primary N) is 1.